The third kappa shape index (κ3) is 2.34. The summed E-state index contributed by atoms with van der Waals surface area (Å²) in [4.78, 5) is 0. The van der Waals surface area contributed by atoms with Gasteiger partial charge in [0.15, 0.2) is 0 Å². The number of halogens is 1. The first-order valence-corrected chi connectivity index (χ1v) is 6.58. The summed E-state index contributed by atoms with van der Waals surface area (Å²) in [5.74, 6) is 0.643. The van der Waals surface area contributed by atoms with Crippen molar-refractivity contribution < 1.29 is 0 Å². The van der Waals surface area contributed by atoms with Crippen LogP contribution in [0.15, 0.2) is 0 Å². The van der Waals surface area contributed by atoms with E-state index in [0.717, 1.165) is 5.69 Å². The van der Waals surface area contributed by atoms with Crippen molar-refractivity contribution in [3.05, 3.63) is 10.7 Å². The number of hydrogen-bond acceptors (Lipinski definition) is 2. The van der Waals surface area contributed by atoms with Gasteiger partial charge >= 0.3 is 0 Å². The Hall–Kier alpha value is -0.700. The minimum Gasteiger partial charge on any atom is -0.383 e. The Kier molecular flexibility index (Phi) is 3.74. The van der Waals surface area contributed by atoms with Gasteiger partial charge in [0.1, 0.15) is 10.8 Å². The molecule has 16 heavy (non-hydrogen) atoms. The standard InChI is InChI=1S/C12H20ClN3/c1-9-11(13)12(14)16(15-9)10-7-5-3-2-4-6-8-10/h10H,2-8,14H2,1H3. The number of anilines is 1. The average Bonchev–Trinajstić information content (AvgIpc) is 2.46. The molecule has 0 amide bonds. The van der Waals surface area contributed by atoms with E-state index in [0.29, 0.717) is 16.9 Å². The Morgan fingerprint density at radius 3 is 2.25 bits per heavy atom. The molecule has 1 aliphatic rings. The molecule has 1 fully saturated rings. The molecule has 4 heteroatoms. The monoisotopic (exact) mass is 241 g/mol. The fourth-order valence-electron chi connectivity index (χ4n) is 2.50. The lowest BCUT2D eigenvalue weighted by atomic mass is 9.97. The zero-order chi connectivity index (χ0) is 11.5. The summed E-state index contributed by atoms with van der Waals surface area (Å²) in [7, 11) is 0. The smallest absolute Gasteiger partial charge is 0.141 e. The predicted molar refractivity (Wildman–Crippen MR) is 67.7 cm³/mol. The second kappa shape index (κ2) is 5.09. The first-order chi connectivity index (χ1) is 7.70. The van der Waals surface area contributed by atoms with Crippen LogP contribution in [0.25, 0.3) is 0 Å². The molecule has 90 valence electrons. The molecule has 0 aromatic carbocycles. The van der Waals surface area contributed by atoms with E-state index in [2.05, 4.69) is 5.10 Å². The van der Waals surface area contributed by atoms with Gasteiger partial charge in [-0.1, -0.05) is 43.7 Å². The molecule has 0 saturated heterocycles. The van der Waals surface area contributed by atoms with Crippen LogP contribution < -0.4 is 5.73 Å². The number of nitrogen functional groups attached to an aromatic ring is 1. The Morgan fingerprint density at radius 1 is 1.19 bits per heavy atom. The van der Waals surface area contributed by atoms with Crippen molar-refractivity contribution >= 4 is 17.4 Å². The number of nitrogens with two attached hydrogens (primary N) is 1. The Balaban J connectivity index is 2.17. The molecular formula is C12H20ClN3. The summed E-state index contributed by atoms with van der Waals surface area (Å²) >= 11 is 6.08. The van der Waals surface area contributed by atoms with Crippen molar-refractivity contribution in [2.45, 2.75) is 57.9 Å². The molecule has 1 aromatic heterocycles. The van der Waals surface area contributed by atoms with Crippen LogP contribution in [0, 0.1) is 6.92 Å². The van der Waals surface area contributed by atoms with Crippen LogP contribution in [-0.4, -0.2) is 9.78 Å². The second-order valence-electron chi connectivity index (χ2n) is 4.73. The quantitative estimate of drug-likeness (QED) is 0.815. The fraction of sp³-hybridized carbons (Fsp3) is 0.750. The van der Waals surface area contributed by atoms with E-state index in [1.54, 1.807) is 0 Å². The molecular weight excluding hydrogens is 222 g/mol. The highest BCUT2D eigenvalue weighted by Gasteiger charge is 2.19. The summed E-state index contributed by atoms with van der Waals surface area (Å²) in [6, 6.07) is 0.450. The minimum absolute atomic E-state index is 0.450. The number of aryl methyl sites for hydroxylation is 1. The molecule has 3 nitrogen and oxygen atoms in total. The van der Waals surface area contributed by atoms with Gasteiger partial charge in [-0.3, -0.25) is 0 Å². The molecule has 1 aliphatic carbocycles. The van der Waals surface area contributed by atoms with E-state index in [-0.39, 0.29) is 0 Å². The van der Waals surface area contributed by atoms with Crippen molar-refractivity contribution in [2.24, 2.45) is 0 Å². The zero-order valence-corrected chi connectivity index (χ0v) is 10.6. The van der Waals surface area contributed by atoms with Crippen molar-refractivity contribution in [3.63, 3.8) is 0 Å². The van der Waals surface area contributed by atoms with Gasteiger partial charge in [-0.2, -0.15) is 5.10 Å². The highest BCUT2D eigenvalue weighted by Crippen LogP contribution is 2.31. The molecule has 2 N–H and O–H groups in total. The molecule has 2 rings (SSSR count). The highest BCUT2D eigenvalue weighted by molar-refractivity contribution is 6.33. The molecule has 0 radical (unpaired) electrons. The lowest BCUT2D eigenvalue weighted by Crippen LogP contribution is -2.14. The first kappa shape index (κ1) is 11.8. The van der Waals surface area contributed by atoms with E-state index in [4.69, 9.17) is 17.3 Å². The Labute approximate surface area is 102 Å². The van der Waals surface area contributed by atoms with E-state index in [1.807, 2.05) is 11.6 Å². The fourth-order valence-corrected chi connectivity index (χ4v) is 2.63. The van der Waals surface area contributed by atoms with Crippen LogP contribution in [0.4, 0.5) is 5.82 Å². The maximum atomic E-state index is 6.08. The minimum atomic E-state index is 0.450. The van der Waals surface area contributed by atoms with Crippen molar-refractivity contribution in [1.82, 2.24) is 9.78 Å². The average molecular weight is 242 g/mol. The van der Waals surface area contributed by atoms with Crippen molar-refractivity contribution in [3.8, 4) is 0 Å². The topological polar surface area (TPSA) is 43.8 Å². The SMILES string of the molecule is Cc1nn(C2CCCCCCC2)c(N)c1Cl. The number of hydrogen-bond donors (Lipinski definition) is 1. The van der Waals surface area contributed by atoms with Crippen LogP contribution in [-0.2, 0) is 0 Å². The normalized spacial score (nSPS) is 19.4. The van der Waals surface area contributed by atoms with E-state index in [9.17, 15) is 0 Å². The van der Waals surface area contributed by atoms with E-state index >= 15 is 0 Å². The third-order valence-electron chi connectivity index (χ3n) is 3.47. The summed E-state index contributed by atoms with van der Waals surface area (Å²) < 4.78 is 1.95. The predicted octanol–water partition coefficient (Wildman–Crippen LogP) is 3.71. The molecule has 0 unspecified atom stereocenters. The summed E-state index contributed by atoms with van der Waals surface area (Å²) in [5.41, 5.74) is 6.84. The van der Waals surface area contributed by atoms with Gasteiger partial charge in [-0.05, 0) is 19.8 Å². The number of nitrogens with zero attached hydrogens (tertiary/aromatic N) is 2. The lowest BCUT2D eigenvalue weighted by molar-refractivity contribution is 0.350. The number of rotatable bonds is 1. The van der Waals surface area contributed by atoms with E-state index in [1.165, 1.54) is 44.9 Å². The Morgan fingerprint density at radius 2 is 1.75 bits per heavy atom. The molecule has 1 heterocycles. The van der Waals surface area contributed by atoms with Crippen LogP contribution in [0.3, 0.4) is 0 Å². The number of aromatic nitrogens is 2. The van der Waals surface area contributed by atoms with Crippen LogP contribution in [0.2, 0.25) is 5.02 Å². The van der Waals surface area contributed by atoms with Crippen molar-refractivity contribution in [1.29, 1.82) is 0 Å². The van der Waals surface area contributed by atoms with E-state index < -0.39 is 0 Å². The van der Waals surface area contributed by atoms with Crippen LogP contribution in [0.5, 0.6) is 0 Å². The molecule has 0 spiro atoms. The van der Waals surface area contributed by atoms with Gasteiger partial charge in [0.25, 0.3) is 0 Å². The zero-order valence-electron chi connectivity index (χ0n) is 9.88. The molecule has 0 aliphatic heterocycles. The van der Waals surface area contributed by atoms with Gasteiger partial charge < -0.3 is 5.73 Å². The summed E-state index contributed by atoms with van der Waals surface area (Å²) in [5, 5.41) is 5.09. The maximum absolute atomic E-state index is 6.08. The largest absolute Gasteiger partial charge is 0.383 e. The summed E-state index contributed by atoms with van der Waals surface area (Å²) in [6.07, 6.45) is 8.97. The maximum Gasteiger partial charge on any atom is 0.141 e. The van der Waals surface area contributed by atoms with Gasteiger partial charge in [-0.15, -0.1) is 0 Å². The van der Waals surface area contributed by atoms with Gasteiger partial charge in [0.2, 0.25) is 0 Å². The van der Waals surface area contributed by atoms with Gasteiger partial charge in [0, 0.05) is 0 Å². The second-order valence-corrected chi connectivity index (χ2v) is 5.11. The van der Waals surface area contributed by atoms with Crippen LogP contribution in [0.1, 0.15) is 56.7 Å². The lowest BCUT2D eigenvalue weighted by Gasteiger charge is -2.21. The third-order valence-corrected chi connectivity index (χ3v) is 3.93. The molecule has 1 aromatic rings. The summed E-state index contributed by atoms with van der Waals surface area (Å²) in [6.45, 7) is 1.91. The van der Waals surface area contributed by atoms with Crippen molar-refractivity contribution in [2.75, 3.05) is 5.73 Å². The Bertz CT molecular complexity index is 351. The van der Waals surface area contributed by atoms with Gasteiger partial charge in [-0.25, -0.2) is 4.68 Å². The first-order valence-electron chi connectivity index (χ1n) is 6.20. The molecule has 0 atom stereocenters. The van der Waals surface area contributed by atoms with Gasteiger partial charge in [0.05, 0.1) is 11.7 Å². The van der Waals surface area contributed by atoms with Crippen LogP contribution >= 0.6 is 11.6 Å². The molecule has 1 saturated carbocycles. The highest BCUT2D eigenvalue weighted by atomic mass is 35.5. The molecule has 0 bridgehead atoms.